The van der Waals surface area contributed by atoms with E-state index in [1.54, 1.807) is 0 Å². The Balaban J connectivity index is 2.44. The van der Waals surface area contributed by atoms with E-state index in [2.05, 4.69) is 58.9 Å². The molecule has 0 radical (unpaired) electrons. The van der Waals surface area contributed by atoms with Crippen molar-refractivity contribution < 1.29 is 0 Å². The van der Waals surface area contributed by atoms with Gasteiger partial charge in [-0.15, -0.1) is 11.6 Å². The molecule has 1 atom stereocenters. The van der Waals surface area contributed by atoms with Crippen molar-refractivity contribution in [2.75, 3.05) is 13.1 Å². The van der Waals surface area contributed by atoms with Gasteiger partial charge in [0.1, 0.15) is 0 Å². The third kappa shape index (κ3) is 5.89. The Morgan fingerprint density at radius 3 is 2.65 bits per heavy atom. The second kappa shape index (κ2) is 8.12. The third-order valence-corrected chi connectivity index (χ3v) is 3.87. The zero-order valence-electron chi connectivity index (χ0n) is 10.6. The van der Waals surface area contributed by atoms with Crippen LogP contribution < -0.4 is 0 Å². The molecule has 17 heavy (non-hydrogen) atoms. The molecule has 3 heteroatoms. The molecule has 0 saturated heterocycles. The van der Waals surface area contributed by atoms with Gasteiger partial charge in [0, 0.05) is 16.4 Å². The molecule has 1 nitrogen and oxygen atoms in total. The topological polar surface area (TPSA) is 3.24 Å². The number of nitrogens with zero attached hydrogens (tertiary/aromatic N) is 1. The molecular weight excluding hydrogens is 298 g/mol. The van der Waals surface area contributed by atoms with Crippen molar-refractivity contribution in [1.82, 2.24) is 4.90 Å². The fraction of sp³-hybridized carbons (Fsp3) is 0.571. The van der Waals surface area contributed by atoms with E-state index in [9.17, 15) is 0 Å². The minimum Gasteiger partial charge on any atom is -0.299 e. The van der Waals surface area contributed by atoms with Crippen molar-refractivity contribution in [3.8, 4) is 0 Å². The Labute approximate surface area is 118 Å². The van der Waals surface area contributed by atoms with Gasteiger partial charge < -0.3 is 0 Å². The normalized spacial score (nSPS) is 13.0. The lowest BCUT2D eigenvalue weighted by Gasteiger charge is -2.21. The van der Waals surface area contributed by atoms with Gasteiger partial charge in [-0.2, -0.15) is 0 Å². The minimum atomic E-state index is 0.289. The summed E-state index contributed by atoms with van der Waals surface area (Å²) in [5.74, 6) is 0. The quantitative estimate of drug-likeness (QED) is 0.660. The first-order valence-electron chi connectivity index (χ1n) is 6.23. The molecule has 1 unspecified atom stereocenters. The number of hydrogen-bond donors (Lipinski definition) is 0. The van der Waals surface area contributed by atoms with Crippen LogP contribution in [-0.2, 0) is 6.54 Å². The molecule has 0 aliphatic carbocycles. The van der Waals surface area contributed by atoms with E-state index >= 15 is 0 Å². The molecule has 0 aliphatic rings. The number of hydrogen-bond acceptors (Lipinski definition) is 1. The van der Waals surface area contributed by atoms with Gasteiger partial charge in [0.25, 0.3) is 0 Å². The van der Waals surface area contributed by atoms with Crippen LogP contribution in [0.5, 0.6) is 0 Å². The standard InChI is InChI=1S/C14H21BrClN/c1-3-17(10-6-7-12(2)16)11-13-8-4-5-9-14(13)15/h4-5,8-9,12H,3,6-7,10-11H2,1-2H3. The van der Waals surface area contributed by atoms with Crippen LogP contribution >= 0.6 is 27.5 Å². The summed E-state index contributed by atoms with van der Waals surface area (Å²) in [7, 11) is 0. The lowest BCUT2D eigenvalue weighted by atomic mass is 10.2. The van der Waals surface area contributed by atoms with Crippen molar-refractivity contribution in [2.45, 2.75) is 38.6 Å². The van der Waals surface area contributed by atoms with Crippen LogP contribution in [0.4, 0.5) is 0 Å². The third-order valence-electron chi connectivity index (χ3n) is 2.88. The van der Waals surface area contributed by atoms with Crippen molar-refractivity contribution in [3.63, 3.8) is 0 Å². The molecule has 0 fully saturated rings. The molecule has 0 saturated carbocycles. The lowest BCUT2D eigenvalue weighted by molar-refractivity contribution is 0.273. The van der Waals surface area contributed by atoms with Gasteiger partial charge in [-0.25, -0.2) is 0 Å². The summed E-state index contributed by atoms with van der Waals surface area (Å²) in [4.78, 5) is 2.46. The molecule has 0 spiro atoms. The molecule has 1 aromatic rings. The van der Waals surface area contributed by atoms with Crippen molar-refractivity contribution in [3.05, 3.63) is 34.3 Å². The average molecular weight is 319 g/mol. The summed E-state index contributed by atoms with van der Waals surface area (Å²) in [5, 5.41) is 0.289. The summed E-state index contributed by atoms with van der Waals surface area (Å²) in [6, 6.07) is 8.43. The molecule has 1 rings (SSSR count). The Morgan fingerprint density at radius 1 is 1.35 bits per heavy atom. The Bertz CT molecular complexity index is 328. The van der Waals surface area contributed by atoms with E-state index in [0.29, 0.717) is 0 Å². The monoisotopic (exact) mass is 317 g/mol. The van der Waals surface area contributed by atoms with Gasteiger partial charge in [-0.3, -0.25) is 4.90 Å². The molecular formula is C14H21BrClN. The van der Waals surface area contributed by atoms with Crippen molar-refractivity contribution >= 4 is 27.5 Å². The Kier molecular flexibility index (Phi) is 7.17. The average Bonchev–Trinajstić information content (AvgIpc) is 2.30. The molecule has 96 valence electrons. The SMILES string of the molecule is CCN(CCCC(C)Cl)Cc1ccccc1Br. The van der Waals surface area contributed by atoms with Crippen molar-refractivity contribution in [1.29, 1.82) is 0 Å². The van der Waals surface area contributed by atoms with E-state index in [1.165, 1.54) is 16.5 Å². The number of alkyl halides is 1. The van der Waals surface area contributed by atoms with E-state index in [-0.39, 0.29) is 5.38 Å². The number of rotatable bonds is 7. The van der Waals surface area contributed by atoms with E-state index < -0.39 is 0 Å². The highest BCUT2D eigenvalue weighted by molar-refractivity contribution is 9.10. The largest absolute Gasteiger partial charge is 0.299 e. The summed E-state index contributed by atoms with van der Waals surface area (Å²) < 4.78 is 1.20. The molecule has 0 aliphatic heterocycles. The summed E-state index contributed by atoms with van der Waals surface area (Å²) in [6.07, 6.45) is 2.26. The van der Waals surface area contributed by atoms with Crippen LogP contribution in [0.1, 0.15) is 32.3 Å². The van der Waals surface area contributed by atoms with Crippen LogP contribution in [-0.4, -0.2) is 23.4 Å². The van der Waals surface area contributed by atoms with Gasteiger partial charge in [0.2, 0.25) is 0 Å². The van der Waals surface area contributed by atoms with E-state index in [1.807, 2.05) is 0 Å². The molecule has 0 heterocycles. The number of halogens is 2. The maximum Gasteiger partial charge on any atom is 0.0308 e. The second-order valence-electron chi connectivity index (χ2n) is 4.38. The highest BCUT2D eigenvalue weighted by Gasteiger charge is 2.06. The van der Waals surface area contributed by atoms with Crippen LogP contribution in [0.25, 0.3) is 0 Å². The first-order chi connectivity index (χ1) is 8.13. The smallest absolute Gasteiger partial charge is 0.0308 e. The predicted molar refractivity (Wildman–Crippen MR) is 79.6 cm³/mol. The molecule has 0 N–H and O–H groups in total. The van der Waals surface area contributed by atoms with Gasteiger partial charge in [0.15, 0.2) is 0 Å². The maximum atomic E-state index is 5.96. The molecule has 0 aromatic heterocycles. The molecule has 0 amide bonds. The highest BCUT2D eigenvalue weighted by Crippen LogP contribution is 2.18. The summed E-state index contributed by atoms with van der Waals surface area (Å²) in [5.41, 5.74) is 1.35. The highest BCUT2D eigenvalue weighted by atomic mass is 79.9. The van der Waals surface area contributed by atoms with Gasteiger partial charge in [-0.1, -0.05) is 41.1 Å². The van der Waals surface area contributed by atoms with Gasteiger partial charge in [0.05, 0.1) is 0 Å². The number of benzene rings is 1. The Morgan fingerprint density at radius 2 is 2.06 bits per heavy atom. The van der Waals surface area contributed by atoms with Gasteiger partial charge >= 0.3 is 0 Å². The second-order valence-corrected chi connectivity index (χ2v) is 5.98. The van der Waals surface area contributed by atoms with E-state index in [4.69, 9.17) is 11.6 Å². The van der Waals surface area contributed by atoms with Crippen LogP contribution in [0, 0.1) is 0 Å². The summed E-state index contributed by atoms with van der Waals surface area (Å²) >= 11 is 9.56. The Hall–Kier alpha value is -0.0500. The predicted octanol–water partition coefficient (Wildman–Crippen LogP) is 4.68. The minimum absolute atomic E-state index is 0.289. The lowest BCUT2D eigenvalue weighted by Crippen LogP contribution is -2.24. The maximum absolute atomic E-state index is 5.96. The van der Waals surface area contributed by atoms with Gasteiger partial charge in [-0.05, 0) is 44.5 Å². The van der Waals surface area contributed by atoms with Crippen LogP contribution in [0.15, 0.2) is 28.7 Å². The van der Waals surface area contributed by atoms with Crippen LogP contribution in [0.3, 0.4) is 0 Å². The first kappa shape index (κ1) is 15.0. The summed E-state index contributed by atoms with van der Waals surface area (Å²) in [6.45, 7) is 7.48. The molecule has 1 aromatic carbocycles. The fourth-order valence-corrected chi connectivity index (χ4v) is 2.38. The van der Waals surface area contributed by atoms with Crippen LogP contribution in [0.2, 0.25) is 0 Å². The fourth-order valence-electron chi connectivity index (χ4n) is 1.81. The van der Waals surface area contributed by atoms with E-state index in [0.717, 1.165) is 26.1 Å². The molecule has 0 bridgehead atoms. The zero-order valence-corrected chi connectivity index (χ0v) is 13.0. The zero-order chi connectivity index (χ0) is 12.7. The van der Waals surface area contributed by atoms with Crippen molar-refractivity contribution in [2.24, 2.45) is 0 Å². The first-order valence-corrected chi connectivity index (χ1v) is 7.46.